The first-order valence-electron chi connectivity index (χ1n) is 34.0. The monoisotopic (exact) mass is 1520 g/mol. The van der Waals surface area contributed by atoms with E-state index in [1.54, 1.807) is 0 Å². The normalized spacial score (nSPS) is 50.1. The molecule has 0 spiro atoms. The number of ether oxygens (including phenoxy) is 16. The van der Waals surface area contributed by atoms with E-state index < -0.39 is 325 Å². The summed E-state index contributed by atoms with van der Waals surface area (Å²) in [6.45, 7) is 11.6. The number of aliphatic hydroxyl groups is 22. The maximum atomic E-state index is 12.0. The van der Waals surface area contributed by atoms with Gasteiger partial charge in [0.25, 0.3) is 0 Å². The van der Waals surface area contributed by atoms with Crippen molar-refractivity contribution in [3.63, 3.8) is 0 Å². The molecule has 40 atom stereocenters. The van der Waals surface area contributed by atoms with Crippen LogP contribution < -0.4 is 0 Å². The fourth-order valence-electron chi connectivity index (χ4n) is 12.9. The topological polar surface area (TPSA) is 611 Å². The maximum absolute atomic E-state index is 12.0. The Hall–Kier alpha value is -1.17. The van der Waals surface area contributed by atoms with Crippen LogP contribution in [0, 0.1) is 0 Å². The maximum Gasteiger partial charge on any atom is 0.192 e. The molecule has 0 aromatic heterocycles. The second-order valence-electron chi connectivity index (χ2n) is 30.2. The largest absolute Gasteiger partial charge is 0.414 e. The Labute approximate surface area is 588 Å². The van der Waals surface area contributed by atoms with E-state index in [9.17, 15) is 112 Å². The van der Waals surface area contributed by atoms with E-state index in [0.29, 0.717) is 0 Å². The van der Waals surface area contributed by atoms with Gasteiger partial charge in [-0.15, -0.1) is 0 Å². The average Bonchev–Trinajstić information content (AvgIpc) is 0.776. The van der Waals surface area contributed by atoms with Gasteiger partial charge in [-0.2, -0.15) is 0 Å². The highest BCUT2D eigenvalue weighted by Gasteiger charge is 2.61. The van der Waals surface area contributed by atoms with Crippen LogP contribution in [0.5, 0.6) is 0 Å². The zero-order valence-electron chi connectivity index (χ0n) is 57.9. The lowest BCUT2D eigenvalue weighted by atomic mass is 9.94. The smallest absolute Gasteiger partial charge is 0.192 e. The third-order valence-electron chi connectivity index (χ3n) is 21.4. The highest BCUT2D eigenvalue weighted by Crippen LogP contribution is 2.43. The van der Waals surface area contributed by atoms with E-state index in [4.69, 9.17) is 84.6 Å². The van der Waals surface area contributed by atoms with Crippen LogP contribution in [0.25, 0.3) is 0 Å². The van der Waals surface area contributed by atoms with E-state index in [1.165, 1.54) is 0 Å². The quantitative estimate of drug-likeness (QED) is 0.0807. The molecule has 0 radical (unpaired) electrons. The summed E-state index contributed by atoms with van der Waals surface area (Å²) in [7, 11) is -5.59. The van der Waals surface area contributed by atoms with Gasteiger partial charge in [0.15, 0.2) is 67.0 Å². The van der Waals surface area contributed by atoms with Crippen LogP contribution >= 0.6 is 0 Å². The first-order chi connectivity index (χ1) is 47.7. The molecule has 30 aliphatic heterocycles. The molecule has 30 fully saturated rings. The third-order valence-corrected chi connectivity index (χ3v) is 30.4. The van der Waals surface area contributed by atoms with Crippen molar-refractivity contribution < 1.29 is 197 Å². The first kappa shape index (κ1) is 84.8. The van der Waals surface area contributed by atoms with Crippen LogP contribution in [0.2, 0.25) is 36.3 Å². The van der Waals surface area contributed by atoms with Crippen LogP contribution in [-0.4, -0.2) is 427 Å². The van der Waals surface area contributed by atoms with Crippen molar-refractivity contribution >= 4 is 16.6 Å². The molecule has 16 bridgehead atoms. The average molecular weight is 1530 g/mol. The van der Waals surface area contributed by atoms with Gasteiger partial charge in [-0.1, -0.05) is 41.5 Å². The molecule has 0 amide bonds. The zero-order valence-corrected chi connectivity index (χ0v) is 59.9. The molecule has 0 aliphatic carbocycles. The van der Waals surface area contributed by atoms with Gasteiger partial charge in [0.05, 0.1) is 52.9 Å². The molecule has 30 aliphatic rings. The minimum Gasteiger partial charge on any atom is -0.414 e. The Morgan fingerprint density at radius 3 is 0.471 bits per heavy atom. The van der Waals surface area contributed by atoms with E-state index in [2.05, 4.69) is 0 Å². The Morgan fingerprint density at radius 2 is 0.343 bits per heavy atom. The molecule has 0 aromatic carbocycles. The summed E-state index contributed by atoms with van der Waals surface area (Å²) in [5.74, 6) is 0. The van der Waals surface area contributed by atoms with Crippen LogP contribution in [0.4, 0.5) is 0 Å². The van der Waals surface area contributed by atoms with Gasteiger partial charge >= 0.3 is 0 Å². The molecule has 30 saturated heterocycles. The molecule has 596 valence electrons. The van der Waals surface area contributed by atoms with Crippen molar-refractivity contribution in [1.29, 1.82) is 0 Å². The molecule has 30 heterocycles. The molecule has 30 rings (SSSR count). The molecule has 22 N–H and O–H groups in total. The Morgan fingerprint density at radius 1 is 0.216 bits per heavy atom. The van der Waals surface area contributed by atoms with Crippen molar-refractivity contribution in [2.24, 2.45) is 0 Å². The highest BCUT2D eigenvalue weighted by molar-refractivity contribution is 6.74. The lowest BCUT2D eigenvalue weighted by Crippen LogP contribution is -2.69. The zero-order chi connectivity index (χ0) is 75.5. The molecule has 42 heteroatoms. The predicted molar refractivity (Wildman–Crippen MR) is 333 cm³/mol. The van der Waals surface area contributed by atoms with Gasteiger partial charge in [0.1, 0.15) is 195 Å². The molecular formula is C60H108O40Si2. The van der Waals surface area contributed by atoms with Gasteiger partial charge in [0.2, 0.25) is 0 Å². The van der Waals surface area contributed by atoms with Gasteiger partial charge in [-0.3, -0.25) is 0 Å². The van der Waals surface area contributed by atoms with Crippen molar-refractivity contribution in [1.82, 2.24) is 0 Å². The van der Waals surface area contributed by atoms with Crippen molar-refractivity contribution in [2.75, 3.05) is 52.9 Å². The Bertz CT molecular complexity index is 2560. The molecule has 102 heavy (non-hydrogen) atoms. The molecule has 0 unspecified atom stereocenters. The van der Waals surface area contributed by atoms with Crippen LogP contribution in [0.1, 0.15) is 41.5 Å². The number of hydrogen-bond donors (Lipinski definition) is 22. The van der Waals surface area contributed by atoms with Crippen molar-refractivity contribution in [3.05, 3.63) is 0 Å². The minimum absolute atomic E-state index is 0.464. The third kappa shape index (κ3) is 17.4. The summed E-state index contributed by atoms with van der Waals surface area (Å²) in [6.07, 6.45) is -80.5. The molecular weight excluding hydrogens is 1420 g/mol. The SMILES string of the molecule is CC(C)(C)[Si](C)(C)OC[C@H]1O[C@@H]2O[C@H]3[C@@H](O)[C@H](O)[C@@H](O[C@H]4[C@@H](O)[C@H](O)[C@@H](O[C@H]5[C@H](O)[C@@H](O)[C@@H](O[C@H]6[C@@H](O)[C@H](O)[C@@H](O[C@H]7[C@H](O)[C@@H](O)[C@@H](O[C@H]8[C@H](O)[C@@H](O)[C@@H](O[C@H]9[C@H](O)[C@@H](O)[C@@H](O[C@H]1[C@H](O)[C@H]2O)O[C@@H]9CO)O[C@@H]8CO)O[C@@H]7CO)O[C@@H]6CO)O[C@@H]5CO)O[C@@H]4CO[Si](C)(C)C(C)(C)C)O[C@@H]3CO. The highest BCUT2D eigenvalue weighted by atomic mass is 28.4. The van der Waals surface area contributed by atoms with E-state index in [0.717, 1.165) is 0 Å². The summed E-state index contributed by atoms with van der Waals surface area (Å²) in [4.78, 5) is 0. The Kier molecular flexibility index (Phi) is 28.5. The lowest BCUT2D eigenvalue weighted by molar-refractivity contribution is -0.403. The van der Waals surface area contributed by atoms with Crippen LogP contribution in [-0.2, 0) is 84.6 Å². The van der Waals surface area contributed by atoms with Crippen LogP contribution in [0.3, 0.4) is 0 Å². The second-order valence-corrected chi connectivity index (χ2v) is 39.9. The number of rotatable bonds is 12. The van der Waals surface area contributed by atoms with Gasteiger partial charge < -0.3 is 197 Å². The molecule has 40 nitrogen and oxygen atoms in total. The fourth-order valence-corrected chi connectivity index (χ4v) is 14.9. The van der Waals surface area contributed by atoms with Crippen molar-refractivity contribution in [3.8, 4) is 0 Å². The fraction of sp³-hybridized carbons (Fsp3) is 1.00. The molecule has 0 saturated carbocycles. The standard InChI is InChI=1S/C60H108O40Si2/c1-59(2,3)101(7,8)83-17-25-49-34(74)42(82)58(92-25)98-48-24(16-66)90-56(40(80)32(48)72)100-50-26(18-84-102(9,10)60(4,5)6)91-57(41(81)33(50)73)97-47-23(15-65)88-54(38(78)30(47)70)95-45-21(13-63)86-52(36(76)28(45)68)93-43-19(11-61)85-51(35(75)27(43)67)94-44-20(12-62)87-53(37(77)29(44)69)96-46-22(14-64)89-55(99-49)39(79)31(46)71/h19-58,61-82H,11-18H2,1-10H3/t19-,20-,21-,22-,23-,24-,25-,26-,27-,28+,29-,30-,31-,32+,33+,34-,35-,36+,37-,38-,39-,40+,41+,42-,43-,44-,45-,46-,47-,48-,49-,50-,51-,52-,53-,54-,55-,56-,57-,58-/m1/s1. The summed E-state index contributed by atoms with van der Waals surface area (Å²) in [5, 5.41) is 251. The summed E-state index contributed by atoms with van der Waals surface area (Å²) >= 11 is 0. The lowest BCUT2D eigenvalue weighted by Gasteiger charge is -2.51. The molecule has 0 aromatic rings. The van der Waals surface area contributed by atoms with E-state index in [-0.39, 0.29) is 0 Å². The summed E-state index contributed by atoms with van der Waals surface area (Å²) < 4.78 is 108. The van der Waals surface area contributed by atoms with Gasteiger partial charge in [-0.05, 0) is 36.3 Å². The summed E-state index contributed by atoms with van der Waals surface area (Å²) in [6, 6.07) is 0. The van der Waals surface area contributed by atoms with E-state index in [1.807, 2.05) is 67.7 Å². The van der Waals surface area contributed by atoms with Crippen LogP contribution in [0.15, 0.2) is 0 Å². The van der Waals surface area contributed by atoms with E-state index >= 15 is 0 Å². The van der Waals surface area contributed by atoms with Gasteiger partial charge in [0, 0.05) is 0 Å². The predicted octanol–water partition coefficient (Wildman–Crippen LogP) is -11.3. The van der Waals surface area contributed by atoms with Gasteiger partial charge in [-0.25, -0.2) is 0 Å². The number of hydrogen-bond acceptors (Lipinski definition) is 40. The van der Waals surface area contributed by atoms with Crippen molar-refractivity contribution in [2.45, 2.75) is 323 Å². The number of aliphatic hydroxyl groups excluding tert-OH is 22. The first-order valence-corrected chi connectivity index (χ1v) is 39.8. The Balaban J connectivity index is 1.03. The minimum atomic E-state index is -2.79. The summed E-state index contributed by atoms with van der Waals surface area (Å²) in [5.41, 5.74) is 0. The second kappa shape index (κ2) is 34.2.